The second kappa shape index (κ2) is 6.59. The minimum atomic E-state index is -0.0666. The van der Waals surface area contributed by atoms with Gasteiger partial charge in [-0.2, -0.15) is 4.57 Å². The number of rotatable bonds is 4. The summed E-state index contributed by atoms with van der Waals surface area (Å²) in [6.45, 7) is 2.19. The smallest absolute Gasteiger partial charge is 0.290 e. The summed E-state index contributed by atoms with van der Waals surface area (Å²) in [5, 5.41) is 3.56. The van der Waals surface area contributed by atoms with E-state index in [1.54, 1.807) is 6.07 Å². The van der Waals surface area contributed by atoms with Gasteiger partial charge in [-0.05, 0) is 30.7 Å². The SMILES string of the molecule is Cc1cc(Cl)ccc1NC(=O)C[n+]1ccc(N(C)C)cc1. The highest BCUT2D eigenvalue weighted by Gasteiger charge is 2.11. The Morgan fingerprint density at radius 3 is 2.48 bits per heavy atom. The normalized spacial score (nSPS) is 10.3. The van der Waals surface area contributed by atoms with Gasteiger partial charge in [0, 0.05) is 42.6 Å². The number of nitrogens with zero attached hydrogens (tertiary/aromatic N) is 2. The number of pyridine rings is 1. The van der Waals surface area contributed by atoms with E-state index in [2.05, 4.69) is 5.32 Å². The van der Waals surface area contributed by atoms with Gasteiger partial charge in [0.15, 0.2) is 12.4 Å². The van der Waals surface area contributed by atoms with Crippen LogP contribution in [0.25, 0.3) is 0 Å². The number of benzene rings is 1. The Morgan fingerprint density at radius 1 is 1.24 bits per heavy atom. The molecule has 0 spiro atoms. The molecule has 1 N–H and O–H groups in total. The van der Waals surface area contributed by atoms with Crippen molar-refractivity contribution in [2.45, 2.75) is 13.5 Å². The highest BCUT2D eigenvalue weighted by molar-refractivity contribution is 6.30. The van der Waals surface area contributed by atoms with Gasteiger partial charge < -0.3 is 10.2 Å². The number of hydrogen-bond acceptors (Lipinski definition) is 2. The van der Waals surface area contributed by atoms with E-state index in [0.29, 0.717) is 5.02 Å². The molecule has 0 radical (unpaired) electrons. The van der Waals surface area contributed by atoms with E-state index in [1.165, 1.54) is 0 Å². The summed E-state index contributed by atoms with van der Waals surface area (Å²) in [5.74, 6) is -0.0666. The summed E-state index contributed by atoms with van der Waals surface area (Å²) < 4.78 is 1.84. The molecule has 0 saturated heterocycles. The first-order valence-electron chi connectivity index (χ1n) is 6.68. The molecule has 0 saturated carbocycles. The van der Waals surface area contributed by atoms with E-state index in [-0.39, 0.29) is 12.5 Å². The second-order valence-corrected chi connectivity index (χ2v) is 5.57. The highest BCUT2D eigenvalue weighted by Crippen LogP contribution is 2.19. The van der Waals surface area contributed by atoms with Crippen molar-refractivity contribution in [1.29, 1.82) is 0 Å². The maximum atomic E-state index is 12.1. The van der Waals surface area contributed by atoms with Crippen LogP contribution < -0.4 is 14.8 Å². The third-order valence-electron chi connectivity index (χ3n) is 3.18. The van der Waals surface area contributed by atoms with E-state index >= 15 is 0 Å². The number of carbonyl (C=O) groups is 1. The fourth-order valence-corrected chi connectivity index (χ4v) is 2.20. The molecule has 4 nitrogen and oxygen atoms in total. The van der Waals surface area contributed by atoms with Gasteiger partial charge in [0.05, 0.1) is 0 Å². The highest BCUT2D eigenvalue weighted by atomic mass is 35.5. The first kappa shape index (κ1) is 15.3. The molecule has 0 atom stereocenters. The molecule has 1 aromatic heterocycles. The van der Waals surface area contributed by atoms with Gasteiger partial charge in [-0.1, -0.05) is 11.6 Å². The van der Waals surface area contributed by atoms with Crippen LogP contribution in [0.5, 0.6) is 0 Å². The Hall–Kier alpha value is -2.07. The Labute approximate surface area is 130 Å². The average Bonchev–Trinajstić information content (AvgIpc) is 2.42. The lowest BCUT2D eigenvalue weighted by molar-refractivity contribution is -0.684. The molecule has 21 heavy (non-hydrogen) atoms. The second-order valence-electron chi connectivity index (χ2n) is 5.13. The van der Waals surface area contributed by atoms with Gasteiger partial charge >= 0.3 is 0 Å². The van der Waals surface area contributed by atoms with E-state index < -0.39 is 0 Å². The number of halogens is 1. The van der Waals surface area contributed by atoms with E-state index in [0.717, 1.165) is 16.9 Å². The molecule has 5 heteroatoms. The van der Waals surface area contributed by atoms with Gasteiger partial charge in [-0.25, -0.2) is 0 Å². The summed E-state index contributed by atoms with van der Waals surface area (Å²) in [6.07, 6.45) is 3.78. The number of hydrogen-bond donors (Lipinski definition) is 1. The third-order valence-corrected chi connectivity index (χ3v) is 3.41. The Balaban J connectivity index is 2.01. The maximum Gasteiger partial charge on any atom is 0.290 e. The van der Waals surface area contributed by atoms with Crippen LogP contribution in [0.2, 0.25) is 5.02 Å². The van der Waals surface area contributed by atoms with E-state index in [1.807, 2.05) is 67.1 Å². The largest absolute Gasteiger partial charge is 0.377 e. The van der Waals surface area contributed by atoms with E-state index in [4.69, 9.17) is 11.6 Å². The molecule has 0 aliphatic carbocycles. The van der Waals surface area contributed by atoms with Crippen LogP contribution >= 0.6 is 11.6 Å². The van der Waals surface area contributed by atoms with Crippen LogP contribution in [0.4, 0.5) is 11.4 Å². The summed E-state index contributed by atoms with van der Waals surface area (Å²) >= 11 is 5.90. The molecule has 1 heterocycles. The standard InChI is InChI=1S/C16H18ClN3O/c1-12-10-13(17)4-5-15(12)18-16(21)11-20-8-6-14(7-9-20)19(2)3/h4-10H,11H2,1-3H3/p+1. The predicted molar refractivity (Wildman–Crippen MR) is 85.8 cm³/mol. The molecule has 0 fully saturated rings. The number of aryl methyl sites for hydroxylation is 1. The van der Waals surface area contributed by atoms with Crippen molar-refractivity contribution in [1.82, 2.24) is 0 Å². The van der Waals surface area contributed by atoms with Crippen LogP contribution in [0, 0.1) is 6.92 Å². The molecular weight excluding hydrogens is 286 g/mol. The molecule has 0 bridgehead atoms. The summed E-state index contributed by atoms with van der Waals surface area (Å²) in [5.41, 5.74) is 2.83. The lowest BCUT2D eigenvalue weighted by atomic mass is 10.2. The monoisotopic (exact) mass is 304 g/mol. The first-order chi connectivity index (χ1) is 9.95. The number of carbonyl (C=O) groups excluding carboxylic acids is 1. The molecule has 1 aromatic carbocycles. The molecule has 1 amide bonds. The quantitative estimate of drug-likeness (QED) is 0.882. The van der Waals surface area contributed by atoms with Crippen LogP contribution in [0.15, 0.2) is 42.7 Å². The van der Waals surface area contributed by atoms with Crippen molar-refractivity contribution < 1.29 is 9.36 Å². The van der Waals surface area contributed by atoms with Crippen LogP contribution in [0.1, 0.15) is 5.56 Å². The van der Waals surface area contributed by atoms with Crippen molar-refractivity contribution in [2.75, 3.05) is 24.3 Å². The van der Waals surface area contributed by atoms with Crippen LogP contribution in [0.3, 0.4) is 0 Å². The first-order valence-corrected chi connectivity index (χ1v) is 7.06. The van der Waals surface area contributed by atoms with Crippen molar-refractivity contribution in [3.8, 4) is 0 Å². The predicted octanol–water partition coefficient (Wildman–Crippen LogP) is 2.64. The maximum absolute atomic E-state index is 12.1. The molecule has 0 unspecified atom stereocenters. The molecule has 2 rings (SSSR count). The average molecular weight is 305 g/mol. The topological polar surface area (TPSA) is 36.2 Å². The Kier molecular flexibility index (Phi) is 4.81. The number of aromatic nitrogens is 1. The minimum absolute atomic E-state index is 0.0666. The molecule has 2 aromatic rings. The zero-order chi connectivity index (χ0) is 15.4. The summed E-state index contributed by atoms with van der Waals surface area (Å²) in [6, 6.07) is 9.36. The molecular formula is C16H19ClN3O+. The van der Waals surface area contributed by atoms with Gasteiger partial charge in [-0.15, -0.1) is 0 Å². The van der Waals surface area contributed by atoms with Gasteiger partial charge in [0.2, 0.25) is 6.54 Å². The number of nitrogens with one attached hydrogen (secondary N) is 1. The minimum Gasteiger partial charge on any atom is -0.377 e. The van der Waals surface area contributed by atoms with Crippen LogP contribution in [-0.4, -0.2) is 20.0 Å². The lowest BCUT2D eigenvalue weighted by Crippen LogP contribution is -2.39. The summed E-state index contributed by atoms with van der Waals surface area (Å²) in [4.78, 5) is 14.1. The fraction of sp³-hybridized carbons (Fsp3) is 0.250. The molecule has 0 aliphatic rings. The van der Waals surface area contributed by atoms with Crippen molar-refractivity contribution >= 4 is 28.9 Å². The lowest BCUT2D eigenvalue weighted by Gasteiger charge is -2.10. The third kappa shape index (κ3) is 4.20. The summed E-state index contributed by atoms with van der Waals surface area (Å²) in [7, 11) is 3.96. The van der Waals surface area contributed by atoms with E-state index in [9.17, 15) is 4.79 Å². The number of anilines is 2. The number of amides is 1. The Bertz CT molecular complexity index is 638. The molecule has 0 aliphatic heterocycles. The molecule has 110 valence electrons. The zero-order valence-corrected chi connectivity index (χ0v) is 13.2. The van der Waals surface area contributed by atoms with Crippen LogP contribution in [-0.2, 0) is 11.3 Å². The van der Waals surface area contributed by atoms with Crippen molar-refractivity contribution in [3.05, 3.63) is 53.3 Å². The van der Waals surface area contributed by atoms with Crippen molar-refractivity contribution in [2.24, 2.45) is 0 Å². The van der Waals surface area contributed by atoms with Gasteiger partial charge in [0.25, 0.3) is 5.91 Å². The Morgan fingerprint density at radius 2 is 1.90 bits per heavy atom. The fourth-order valence-electron chi connectivity index (χ4n) is 1.98. The van der Waals surface area contributed by atoms with Gasteiger partial charge in [-0.3, -0.25) is 4.79 Å². The van der Waals surface area contributed by atoms with Gasteiger partial charge in [0.1, 0.15) is 0 Å². The van der Waals surface area contributed by atoms with Crippen molar-refractivity contribution in [3.63, 3.8) is 0 Å². The zero-order valence-electron chi connectivity index (χ0n) is 12.4.